The molecule has 104 valence electrons. The standard InChI is InChI=1S/C13H13N3O4/c1-8(9-2-4-10(14)5-3-9)15-13(17)11-6-7-12(20-11)16(18)19/h2-8H,14H2,1H3,(H,15,17). The van der Waals surface area contributed by atoms with Crippen LogP contribution in [0.25, 0.3) is 0 Å². The molecular weight excluding hydrogens is 262 g/mol. The molecule has 0 spiro atoms. The summed E-state index contributed by atoms with van der Waals surface area (Å²) in [4.78, 5) is 21.7. The van der Waals surface area contributed by atoms with Crippen LogP contribution in [0, 0.1) is 10.1 Å². The van der Waals surface area contributed by atoms with Crippen LogP contribution < -0.4 is 11.1 Å². The van der Waals surface area contributed by atoms with Gasteiger partial charge < -0.3 is 15.5 Å². The average Bonchev–Trinajstić information content (AvgIpc) is 2.89. The van der Waals surface area contributed by atoms with Crippen LogP contribution >= 0.6 is 0 Å². The summed E-state index contributed by atoms with van der Waals surface area (Å²) in [5.41, 5.74) is 7.09. The zero-order chi connectivity index (χ0) is 14.7. The minimum absolute atomic E-state index is 0.0982. The number of anilines is 1. The molecule has 2 aromatic rings. The number of nitro groups is 1. The van der Waals surface area contributed by atoms with Crippen LogP contribution in [0.15, 0.2) is 40.8 Å². The minimum atomic E-state index is -0.694. The number of nitrogens with zero attached hydrogens (tertiary/aromatic N) is 1. The molecule has 1 unspecified atom stereocenters. The van der Waals surface area contributed by atoms with Gasteiger partial charge in [0.15, 0.2) is 5.76 Å². The number of hydrogen-bond donors (Lipinski definition) is 2. The normalized spacial score (nSPS) is 11.8. The van der Waals surface area contributed by atoms with E-state index in [2.05, 4.69) is 5.32 Å². The first-order chi connectivity index (χ1) is 9.47. The van der Waals surface area contributed by atoms with Gasteiger partial charge in [-0.15, -0.1) is 0 Å². The fourth-order valence-electron chi connectivity index (χ4n) is 1.68. The molecule has 0 aliphatic carbocycles. The molecule has 0 saturated carbocycles. The first-order valence-electron chi connectivity index (χ1n) is 5.88. The number of nitrogens with one attached hydrogen (secondary N) is 1. The van der Waals surface area contributed by atoms with E-state index in [4.69, 9.17) is 10.2 Å². The molecule has 1 amide bonds. The second kappa shape index (κ2) is 5.43. The van der Waals surface area contributed by atoms with Crippen LogP contribution in [0.5, 0.6) is 0 Å². The quantitative estimate of drug-likeness (QED) is 0.505. The predicted octanol–water partition coefficient (Wildman–Crippen LogP) is 2.26. The van der Waals surface area contributed by atoms with Gasteiger partial charge in [0.25, 0.3) is 5.91 Å². The van der Waals surface area contributed by atoms with E-state index in [1.165, 1.54) is 6.07 Å². The molecule has 0 bridgehead atoms. The maximum Gasteiger partial charge on any atom is 0.433 e. The van der Waals surface area contributed by atoms with Crippen molar-refractivity contribution in [1.29, 1.82) is 0 Å². The van der Waals surface area contributed by atoms with E-state index in [0.29, 0.717) is 5.69 Å². The van der Waals surface area contributed by atoms with E-state index in [9.17, 15) is 14.9 Å². The molecule has 1 atom stereocenters. The number of furan rings is 1. The number of benzene rings is 1. The Morgan fingerprint density at radius 2 is 1.95 bits per heavy atom. The summed E-state index contributed by atoms with van der Waals surface area (Å²) in [5.74, 6) is -1.07. The summed E-state index contributed by atoms with van der Waals surface area (Å²) in [5, 5.41) is 13.2. The third kappa shape index (κ3) is 2.94. The molecule has 1 aromatic carbocycles. The molecule has 0 fully saturated rings. The van der Waals surface area contributed by atoms with Gasteiger partial charge in [-0.25, -0.2) is 0 Å². The average molecular weight is 275 g/mol. The highest BCUT2D eigenvalue weighted by Gasteiger charge is 2.19. The van der Waals surface area contributed by atoms with E-state index in [1.54, 1.807) is 31.2 Å². The number of hydrogen-bond acceptors (Lipinski definition) is 5. The molecule has 0 saturated heterocycles. The number of rotatable bonds is 4. The van der Waals surface area contributed by atoms with Crippen molar-refractivity contribution in [3.05, 3.63) is 57.8 Å². The number of amides is 1. The molecular formula is C13H13N3O4. The van der Waals surface area contributed by atoms with Crippen molar-refractivity contribution in [3.63, 3.8) is 0 Å². The van der Waals surface area contributed by atoms with Gasteiger partial charge in [-0.1, -0.05) is 12.1 Å². The Bertz CT molecular complexity index is 633. The van der Waals surface area contributed by atoms with Gasteiger partial charge in [0.1, 0.15) is 4.92 Å². The van der Waals surface area contributed by atoms with E-state index >= 15 is 0 Å². The molecule has 1 aromatic heterocycles. The maximum absolute atomic E-state index is 11.9. The molecule has 0 radical (unpaired) electrons. The lowest BCUT2D eigenvalue weighted by Gasteiger charge is -2.13. The molecule has 1 heterocycles. The lowest BCUT2D eigenvalue weighted by Crippen LogP contribution is -2.26. The van der Waals surface area contributed by atoms with Gasteiger partial charge in [-0.05, 0) is 30.7 Å². The van der Waals surface area contributed by atoms with Crippen molar-refractivity contribution in [2.75, 3.05) is 5.73 Å². The molecule has 0 aliphatic heterocycles. The third-order valence-corrected chi connectivity index (χ3v) is 2.78. The van der Waals surface area contributed by atoms with Crippen LogP contribution in [0.4, 0.5) is 11.6 Å². The first-order valence-corrected chi connectivity index (χ1v) is 5.88. The SMILES string of the molecule is CC(NC(=O)c1ccc([N+](=O)[O-])o1)c1ccc(N)cc1. The maximum atomic E-state index is 11.9. The van der Waals surface area contributed by atoms with Crippen molar-refractivity contribution in [3.8, 4) is 0 Å². The fraction of sp³-hybridized carbons (Fsp3) is 0.154. The number of carbonyl (C=O) groups excluding carboxylic acids is 1. The largest absolute Gasteiger partial charge is 0.433 e. The zero-order valence-electron chi connectivity index (χ0n) is 10.7. The summed E-state index contributed by atoms with van der Waals surface area (Å²) >= 11 is 0. The van der Waals surface area contributed by atoms with Crippen molar-refractivity contribution in [1.82, 2.24) is 5.32 Å². The highest BCUT2D eigenvalue weighted by molar-refractivity contribution is 5.91. The van der Waals surface area contributed by atoms with Crippen LogP contribution in [-0.4, -0.2) is 10.8 Å². The Morgan fingerprint density at radius 3 is 2.50 bits per heavy atom. The minimum Gasteiger partial charge on any atom is -0.399 e. The highest BCUT2D eigenvalue weighted by Crippen LogP contribution is 2.18. The number of carbonyl (C=O) groups is 1. The molecule has 2 rings (SSSR count). The Morgan fingerprint density at radius 1 is 1.30 bits per heavy atom. The molecule has 7 nitrogen and oxygen atoms in total. The molecule has 20 heavy (non-hydrogen) atoms. The summed E-state index contributed by atoms with van der Waals surface area (Å²) in [6.07, 6.45) is 0. The van der Waals surface area contributed by atoms with Crippen molar-refractivity contribution < 1.29 is 14.1 Å². The Labute approximate surface area is 114 Å². The lowest BCUT2D eigenvalue weighted by atomic mass is 10.1. The topological polar surface area (TPSA) is 111 Å². The van der Waals surface area contributed by atoms with Crippen LogP contribution in [-0.2, 0) is 0 Å². The van der Waals surface area contributed by atoms with Gasteiger partial charge in [-0.2, -0.15) is 0 Å². The summed E-state index contributed by atoms with van der Waals surface area (Å²) in [6, 6.07) is 9.19. The van der Waals surface area contributed by atoms with Gasteiger partial charge >= 0.3 is 5.88 Å². The van der Waals surface area contributed by atoms with E-state index in [-0.39, 0.29) is 11.8 Å². The zero-order valence-corrected chi connectivity index (χ0v) is 10.7. The van der Waals surface area contributed by atoms with Gasteiger partial charge in [0, 0.05) is 5.69 Å². The van der Waals surface area contributed by atoms with Crippen LogP contribution in [0.3, 0.4) is 0 Å². The molecule has 3 N–H and O–H groups in total. The van der Waals surface area contributed by atoms with E-state index in [0.717, 1.165) is 11.6 Å². The lowest BCUT2D eigenvalue weighted by molar-refractivity contribution is -0.402. The smallest absolute Gasteiger partial charge is 0.399 e. The van der Waals surface area contributed by atoms with Gasteiger partial charge in [0.05, 0.1) is 12.1 Å². The second-order valence-corrected chi connectivity index (χ2v) is 4.26. The second-order valence-electron chi connectivity index (χ2n) is 4.26. The fourth-order valence-corrected chi connectivity index (χ4v) is 1.68. The Kier molecular flexibility index (Phi) is 3.69. The number of nitrogens with two attached hydrogens (primary N) is 1. The molecule has 0 aliphatic rings. The highest BCUT2D eigenvalue weighted by atomic mass is 16.6. The van der Waals surface area contributed by atoms with Crippen LogP contribution in [0.2, 0.25) is 0 Å². The van der Waals surface area contributed by atoms with Crippen molar-refractivity contribution in [2.24, 2.45) is 0 Å². The molecule has 7 heteroatoms. The Balaban J connectivity index is 2.06. The third-order valence-electron chi connectivity index (χ3n) is 2.78. The Hall–Kier alpha value is -2.83. The van der Waals surface area contributed by atoms with Crippen molar-refractivity contribution >= 4 is 17.5 Å². The van der Waals surface area contributed by atoms with Gasteiger partial charge in [0.2, 0.25) is 0 Å². The monoisotopic (exact) mass is 275 g/mol. The summed E-state index contributed by atoms with van der Waals surface area (Å²) in [7, 11) is 0. The number of nitrogen functional groups attached to an aromatic ring is 1. The summed E-state index contributed by atoms with van der Waals surface area (Å²) < 4.78 is 4.83. The van der Waals surface area contributed by atoms with E-state index in [1.807, 2.05) is 0 Å². The predicted molar refractivity (Wildman–Crippen MR) is 72.1 cm³/mol. The van der Waals surface area contributed by atoms with Crippen LogP contribution in [0.1, 0.15) is 29.1 Å². The first kappa shape index (κ1) is 13.6. The van der Waals surface area contributed by atoms with Crippen molar-refractivity contribution in [2.45, 2.75) is 13.0 Å². The van der Waals surface area contributed by atoms with Gasteiger partial charge in [-0.3, -0.25) is 14.9 Å². The van der Waals surface area contributed by atoms with E-state index < -0.39 is 16.7 Å². The summed E-state index contributed by atoms with van der Waals surface area (Å²) in [6.45, 7) is 1.79.